The minimum absolute atomic E-state index is 0.0177. The number of ether oxygens (including phenoxy) is 1. The number of hydrogen-bond acceptors (Lipinski definition) is 5. The number of rotatable bonds is 6. The SMILES string of the molecule is CN(C)CC1CC2(CCN(C(=O)CCCc3c[nH]c4ccccc34)CC2)C(=O)O1.O=CO. The molecule has 0 aliphatic carbocycles. The number of carbonyl (C=O) groups is 3. The molecule has 174 valence electrons. The van der Waals surface area contributed by atoms with Gasteiger partial charge in [-0.2, -0.15) is 0 Å². The average molecular weight is 444 g/mol. The molecule has 0 saturated carbocycles. The molecule has 2 fully saturated rings. The van der Waals surface area contributed by atoms with Crippen LogP contribution in [0.1, 0.15) is 37.7 Å². The van der Waals surface area contributed by atoms with Crippen molar-refractivity contribution in [1.29, 1.82) is 0 Å². The molecule has 1 aromatic heterocycles. The Bertz CT molecular complexity index is 931. The van der Waals surface area contributed by atoms with E-state index in [1.807, 2.05) is 31.1 Å². The monoisotopic (exact) mass is 443 g/mol. The Morgan fingerprint density at radius 2 is 2.00 bits per heavy atom. The van der Waals surface area contributed by atoms with Crippen LogP contribution >= 0.6 is 0 Å². The van der Waals surface area contributed by atoms with E-state index in [-0.39, 0.29) is 29.9 Å². The fourth-order valence-electron chi connectivity index (χ4n) is 4.87. The molecule has 0 bridgehead atoms. The van der Waals surface area contributed by atoms with E-state index in [1.54, 1.807) is 0 Å². The number of likely N-dealkylation sites (N-methyl/N-ethyl adjacent to an activating group) is 1. The molecule has 2 aromatic rings. The molecule has 2 saturated heterocycles. The van der Waals surface area contributed by atoms with Crippen molar-refractivity contribution in [2.75, 3.05) is 33.7 Å². The van der Waals surface area contributed by atoms with Gasteiger partial charge in [0.2, 0.25) is 5.91 Å². The Kier molecular flexibility index (Phi) is 7.90. The summed E-state index contributed by atoms with van der Waals surface area (Å²) in [6.07, 6.45) is 6.56. The summed E-state index contributed by atoms with van der Waals surface area (Å²) in [4.78, 5) is 40.8. The first kappa shape index (κ1) is 23.8. The molecule has 2 aliphatic rings. The normalized spacial score (nSPS) is 19.7. The minimum atomic E-state index is -0.374. The Morgan fingerprint density at radius 3 is 2.69 bits per heavy atom. The first-order valence-electron chi connectivity index (χ1n) is 11.1. The third-order valence-corrected chi connectivity index (χ3v) is 6.48. The van der Waals surface area contributed by atoms with Crippen molar-refractivity contribution in [2.24, 2.45) is 5.41 Å². The fourth-order valence-corrected chi connectivity index (χ4v) is 4.87. The zero-order valence-corrected chi connectivity index (χ0v) is 18.9. The van der Waals surface area contributed by atoms with Crippen molar-refractivity contribution in [3.05, 3.63) is 36.0 Å². The molecular weight excluding hydrogens is 410 g/mol. The second-order valence-electron chi connectivity index (χ2n) is 8.97. The second-order valence-corrected chi connectivity index (χ2v) is 8.97. The third kappa shape index (κ3) is 5.48. The number of para-hydroxylation sites is 1. The first-order chi connectivity index (χ1) is 15.4. The molecule has 1 aromatic carbocycles. The van der Waals surface area contributed by atoms with Gasteiger partial charge in [-0.25, -0.2) is 0 Å². The maximum absolute atomic E-state index is 12.7. The van der Waals surface area contributed by atoms with Crippen molar-refractivity contribution >= 4 is 29.3 Å². The zero-order valence-electron chi connectivity index (χ0n) is 18.9. The molecule has 32 heavy (non-hydrogen) atoms. The van der Waals surface area contributed by atoms with Crippen molar-refractivity contribution in [3.8, 4) is 0 Å². The van der Waals surface area contributed by atoms with Crippen molar-refractivity contribution in [3.63, 3.8) is 0 Å². The van der Waals surface area contributed by atoms with Gasteiger partial charge in [0.05, 0.1) is 5.41 Å². The summed E-state index contributed by atoms with van der Waals surface area (Å²) in [7, 11) is 3.99. The van der Waals surface area contributed by atoms with Gasteiger partial charge in [-0.15, -0.1) is 0 Å². The Hall–Kier alpha value is -2.87. The number of H-pyrrole nitrogens is 1. The number of fused-ring (bicyclic) bond motifs is 1. The number of nitrogens with one attached hydrogen (secondary N) is 1. The van der Waals surface area contributed by atoms with Crippen LogP contribution in [-0.4, -0.2) is 78.1 Å². The molecule has 0 radical (unpaired) electrons. The summed E-state index contributed by atoms with van der Waals surface area (Å²) in [5.74, 6) is 0.145. The topological polar surface area (TPSA) is 103 Å². The Labute approximate surface area is 188 Å². The van der Waals surface area contributed by atoms with E-state index in [4.69, 9.17) is 14.6 Å². The molecule has 1 amide bonds. The number of esters is 1. The van der Waals surface area contributed by atoms with Gasteiger partial charge in [0, 0.05) is 49.6 Å². The van der Waals surface area contributed by atoms with E-state index in [9.17, 15) is 9.59 Å². The van der Waals surface area contributed by atoms with Crippen LogP contribution in [0.25, 0.3) is 10.9 Å². The van der Waals surface area contributed by atoms with Gasteiger partial charge in [-0.1, -0.05) is 18.2 Å². The van der Waals surface area contributed by atoms with Crippen LogP contribution in [0.2, 0.25) is 0 Å². The lowest BCUT2D eigenvalue weighted by molar-refractivity contribution is -0.152. The number of nitrogens with zero attached hydrogens (tertiary/aromatic N) is 2. The number of hydrogen-bond donors (Lipinski definition) is 2. The Morgan fingerprint density at radius 1 is 1.31 bits per heavy atom. The second kappa shape index (κ2) is 10.6. The highest BCUT2D eigenvalue weighted by Crippen LogP contribution is 2.43. The number of likely N-dealkylation sites (tertiary alicyclic amines) is 1. The molecule has 1 atom stereocenters. The van der Waals surface area contributed by atoms with Crippen LogP contribution in [0.15, 0.2) is 30.5 Å². The smallest absolute Gasteiger partial charge is 0.312 e. The molecule has 3 heterocycles. The highest BCUT2D eigenvalue weighted by molar-refractivity contribution is 5.83. The van der Waals surface area contributed by atoms with Crippen LogP contribution in [0, 0.1) is 5.41 Å². The summed E-state index contributed by atoms with van der Waals surface area (Å²) in [6.45, 7) is 1.84. The standard InChI is InChI=1S/C23H31N3O3.CH2O2/c1-25(2)16-18-14-23(22(28)29-18)10-12-26(13-11-23)21(27)9-5-6-17-15-24-20-8-4-3-7-19(17)20;2-1-3/h3-4,7-8,15,18,24H,5-6,9-14,16H2,1-2H3;1H,(H,2,3). The van der Waals surface area contributed by atoms with Gasteiger partial charge in [-0.05, 0) is 51.4 Å². The number of cyclic esters (lactones) is 1. The average Bonchev–Trinajstić information content (AvgIpc) is 3.29. The summed E-state index contributed by atoms with van der Waals surface area (Å²) >= 11 is 0. The van der Waals surface area contributed by atoms with E-state index in [0.717, 1.165) is 44.2 Å². The predicted octanol–water partition coefficient (Wildman–Crippen LogP) is 2.68. The largest absolute Gasteiger partial charge is 0.483 e. The van der Waals surface area contributed by atoms with Crippen LogP contribution in [-0.2, 0) is 25.5 Å². The molecule has 2 N–H and O–H groups in total. The molecule has 4 rings (SSSR count). The molecule has 1 spiro atoms. The number of aryl methyl sites for hydroxylation is 1. The van der Waals surface area contributed by atoms with Crippen LogP contribution in [0.3, 0.4) is 0 Å². The van der Waals surface area contributed by atoms with E-state index in [2.05, 4.69) is 28.2 Å². The number of piperidine rings is 1. The van der Waals surface area contributed by atoms with E-state index >= 15 is 0 Å². The van der Waals surface area contributed by atoms with Gasteiger partial charge >= 0.3 is 5.97 Å². The summed E-state index contributed by atoms with van der Waals surface area (Å²) in [6, 6.07) is 8.27. The maximum Gasteiger partial charge on any atom is 0.312 e. The number of benzene rings is 1. The predicted molar refractivity (Wildman–Crippen MR) is 121 cm³/mol. The van der Waals surface area contributed by atoms with Gasteiger partial charge in [0.1, 0.15) is 6.10 Å². The van der Waals surface area contributed by atoms with Crippen LogP contribution in [0.5, 0.6) is 0 Å². The molecule has 1 unspecified atom stereocenters. The van der Waals surface area contributed by atoms with Gasteiger partial charge in [0.15, 0.2) is 0 Å². The first-order valence-corrected chi connectivity index (χ1v) is 11.1. The van der Waals surface area contributed by atoms with Crippen molar-refractivity contribution in [2.45, 2.75) is 44.6 Å². The summed E-state index contributed by atoms with van der Waals surface area (Å²) in [5, 5.41) is 8.13. The molecule has 8 heteroatoms. The van der Waals surface area contributed by atoms with Gasteiger partial charge in [0.25, 0.3) is 6.47 Å². The quantitative estimate of drug-likeness (QED) is 0.526. The lowest BCUT2D eigenvalue weighted by Crippen LogP contribution is -2.45. The number of aromatic amines is 1. The van der Waals surface area contributed by atoms with Crippen LogP contribution < -0.4 is 0 Å². The maximum atomic E-state index is 12.7. The zero-order chi connectivity index (χ0) is 23.1. The van der Waals surface area contributed by atoms with Crippen molar-refractivity contribution in [1.82, 2.24) is 14.8 Å². The summed E-state index contributed by atoms with van der Waals surface area (Å²) in [5.41, 5.74) is 2.04. The number of amides is 1. The minimum Gasteiger partial charge on any atom is -0.483 e. The number of carbonyl (C=O) groups excluding carboxylic acids is 2. The Balaban J connectivity index is 0.000000913. The van der Waals surface area contributed by atoms with E-state index in [0.29, 0.717) is 19.5 Å². The van der Waals surface area contributed by atoms with E-state index in [1.165, 1.54) is 10.9 Å². The fraction of sp³-hybridized carbons (Fsp3) is 0.542. The third-order valence-electron chi connectivity index (χ3n) is 6.48. The van der Waals surface area contributed by atoms with Crippen LogP contribution in [0.4, 0.5) is 0 Å². The number of aromatic nitrogens is 1. The molecular formula is C24H33N3O5. The molecule has 8 nitrogen and oxygen atoms in total. The van der Waals surface area contributed by atoms with E-state index < -0.39 is 0 Å². The highest BCUT2D eigenvalue weighted by atomic mass is 16.6. The molecule has 2 aliphatic heterocycles. The lowest BCUT2D eigenvalue weighted by atomic mass is 9.76. The van der Waals surface area contributed by atoms with Crippen molar-refractivity contribution < 1.29 is 24.2 Å². The van der Waals surface area contributed by atoms with Gasteiger partial charge < -0.3 is 24.6 Å². The highest BCUT2D eigenvalue weighted by Gasteiger charge is 2.50. The number of carboxylic acid groups (broad SMARTS) is 1. The van der Waals surface area contributed by atoms with Gasteiger partial charge in [-0.3, -0.25) is 14.4 Å². The lowest BCUT2D eigenvalue weighted by Gasteiger charge is -2.36. The summed E-state index contributed by atoms with van der Waals surface area (Å²) < 4.78 is 5.62.